The Bertz CT molecular complexity index is 727. The SMILES string of the molecule is CCOC(=O)CCC(C)(C)CC(C)(C)CN(c1ccc(Br)cc1)S(C)(=O)=O. The van der Waals surface area contributed by atoms with Crippen molar-refractivity contribution in [2.75, 3.05) is 23.7 Å². The predicted octanol–water partition coefficient (Wildman–Crippen LogP) is 5.00. The minimum atomic E-state index is -3.41. The summed E-state index contributed by atoms with van der Waals surface area (Å²) >= 11 is 3.38. The molecule has 0 heterocycles. The maximum absolute atomic E-state index is 12.4. The molecule has 0 aliphatic rings. The molecule has 1 rings (SSSR count). The first-order valence-electron chi connectivity index (χ1n) is 9.15. The lowest BCUT2D eigenvalue weighted by atomic mass is 9.72. The van der Waals surface area contributed by atoms with Crippen LogP contribution in [-0.2, 0) is 19.6 Å². The lowest BCUT2D eigenvalue weighted by Crippen LogP contribution is -2.40. The first-order valence-corrected chi connectivity index (χ1v) is 11.8. The van der Waals surface area contributed by atoms with Crippen LogP contribution in [0.4, 0.5) is 5.69 Å². The van der Waals surface area contributed by atoms with Gasteiger partial charge in [0.25, 0.3) is 0 Å². The van der Waals surface area contributed by atoms with E-state index < -0.39 is 10.0 Å². The minimum absolute atomic E-state index is 0.112. The molecule has 0 atom stereocenters. The summed E-state index contributed by atoms with van der Waals surface area (Å²) in [7, 11) is -3.41. The fourth-order valence-electron chi connectivity index (χ4n) is 3.51. The zero-order chi connectivity index (χ0) is 20.9. The van der Waals surface area contributed by atoms with E-state index in [0.717, 1.165) is 10.9 Å². The molecule has 0 saturated heterocycles. The topological polar surface area (TPSA) is 63.7 Å². The molecule has 0 aliphatic heterocycles. The Morgan fingerprint density at radius 3 is 2.15 bits per heavy atom. The lowest BCUT2D eigenvalue weighted by Gasteiger charge is -2.38. The molecule has 0 unspecified atom stereocenters. The van der Waals surface area contributed by atoms with E-state index in [1.54, 1.807) is 19.1 Å². The summed E-state index contributed by atoms with van der Waals surface area (Å²) in [4.78, 5) is 11.7. The van der Waals surface area contributed by atoms with Gasteiger partial charge in [-0.1, -0.05) is 43.6 Å². The second-order valence-corrected chi connectivity index (χ2v) is 11.4. The number of nitrogens with zero attached hydrogens (tertiary/aromatic N) is 1. The maximum Gasteiger partial charge on any atom is 0.305 e. The van der Waals surface area contributed by atoms with E-state index in [-0.39, 0.29) is 16.8 Å². The van der Waals surface area contributed by atoms with E-state index in [1.807, 2.05) is 12.1 Å². The van der Waals surface area contributed by atoms with Crippen molar-refractivity contribution in [1.82, 2.24) is 0 Å². The fourth-order valence-corrected chi connectivity index (χ4v) is 4.86. The number of halogens is 1. The van der Waals surface area contributed by atoms with Gasteiger partial charge in [0.15, 0.2) is 0 Å². The molecule has 0 aromatic heterocycles. The molecule has 0 bridgehead atoms. The van der Waals surface area contributed by atoms with Gasteiger partial charge in [0.2, 0.25) is 10.0 Å². The molecule has 0 spiro atoms. The van der Waals surface area contributed by atoms with Crippen molar-refractivity contribution in [3.05, 3.63) is 28.7 Å². The van der Waals surface area contributed by atoms with Crippen LogP contribution in [0.25, 0.3) is 0 Å². The molecule has 1 aromatic carbocycles. The monoisotopic (exact) mass is 461 g/mol. The Hall–Kier alpha value is -1.08. The van der Waals surface area contributed by atoms with Crippen molar-refractivity contribution in [2.24, 2.45) is 10.8 Å². The van der Waals surface area contributed by atoms with E-state index in [4.69, 9.17) is 4.74 Å². The molecular weight excluding hydrogens is 430 g/mol. The number of ether oxygens (including phenoxy) is 1. The highest BCUT2D eigenvalue weighted by Gasteiger charge is 2.33. The molecular formula is C20H32BrNO4S. The molecule has 0 fully saturated rings. The third kappa shape index (κ3) is 8.64. The molecule has 1 aromatic rings. The summed E-state index contributed by atoms with van der Waals surface area (Å²) < 4.78 is 32.2. The van der Waals surface area contributed by atoms with E-state index >= 15 is 0 Å². The van der Waals surface area contributed by atoms with Crippen LogP contribution in [0.2, 0.25) is 0 Å². The third-order valence-corrected chi connectivity index (χ3v) is 6.02. The molecule has 5 nitrogen and oxygen atoms in total. The van der Waals surface area contributed by atoms with Gasteiger partial charge in [-0.3, -0.25) is 9.10 Å². The highest BCUT2D eigenvalue weighted by atomic mass is 79.9. The van der Waals surface area contributed by atoms with E-state index in [1.165, 1.54) is 10.6 Å². The van der Waals surface area contributed by atoms with E-state index in [9.17, 15) is 13.2 Å². The standard InChI is InChI=1S/C20H32BrNO4S/c1-7-26-18(23)12-13-19(2,3)14-20(4,5)15-22(27(6,24)25)17-10-8-16(21)9-11-17/h8-11H,7,12-15H2,1-6H3. The Labute approximate surface area is 172 Å². The lowest BCUT2D eigenvalue weighted by molar-refractivity contribution is -0.143. The average molecular weight is 462 g/mol. The summed E-state index contributed by atoms with van der Waals surface area (Å²) in [5.41, 5.74) is 0.270. The molecule has 27 heavy (non-hydrogen) atoms. The smallest absolute Gasteiger partial charge is 0.305 e. The summed E-state index contributed by atoms with van der Waals surface area (Å²) in [6.45, 7) is 10.9. The third-order valence-electron chi connectivity index (χ3n) is 4.35. The van der Waals surface area contributed by atoms with Gasteiger partial charge in [-0.2, -0.15) is 0 Å². The van der Waals surface area contributed by atoms with Crippen molar-refractivity contribution in [3.63, 3.8) is 0 Å². The van der Waals surface area contributed by atoms with Crippen LogP contribution in [0.1, 0.15) is 53.9 Å². The highest BCUT2D eigenvalue weighted by molar-refractivity contribution is 9.10. The maximum atomic E-state index is 12.4. The Morgan fingerprint density at radius 2 is 1.67 bits per heavy atom. The van der Waals surface area contributed by atoms with Gasteiger partial charge in [0, 0.05) is 17.4 Å². The van der Waals surface area contributed by atoms with Crippen LogP contribution in [0.5, 0.6) is 0 Å². The largest absolute Gasteiger partial charge is 0.466 e. The minimum Gasteiger partial charge on any atom is -0.466 e. The first-order chi connectivity index (χ1) is 12.3. The van der Waals surface area contributed by atoms with Crippen LogP contribution in [0.15, 0.2) is 28.7 Å². The number of esters is 1. The summed E-state index contributed by atoms with van der Waals surface area (Å²) in [5.74, 6) is -0.184. The molecule has 0 N–H and O–H groups in total. The average Bonchev–Trinajstić information content (AvgIpc) is 2.50. The summed E-state index contributed by atoms with van der Waals surface area (Å²) in [6, 6.07) is 7.27. The van der Waals surface area contributed by atoms with Crippen LogP contribution in [-0.4, -0.2) is 33.8 Å². The Balaban J connectivity index is 2.90. The number of rotatable bonds is 10. The number of anilines is 1. The number of sulfonamides is 1. The van der Waals surface area contributed by atoms with Gasteiger partial charge in [-0.15, -0.1) is 0 Å². The molecule has 0 radical (unpaired) electrons. The van der Waals surface area contributed by atoms with Crippen molar-refractivity contribution >= 4 is 37.6 Å². The van der Waals surface area contributed by atoms with Crippen LogP contribution in [0, 0.1) is 10.8 Å². The Morgan fingerprint density at radius 1 is 1.11 bits per heavy atom. The van der Waals surface area contributed by atoms with E-state index in [0.29, 0.717) is 31.7 Å². The number of hydrogen-bond donors (Lipinski definition) is 0. The van der Waals surface area contributed by atoms with Crippen LogP contribution >= 0.6 is 15.9 Å². The van der Waals surface area contributed by atoms with Gasteiger partial charge >= 0.3 is 5.97 Å². The van der Waals surface area contributed by atoms with E-state index in [2.05, 4.69) is 43.6 Å². The second-order valence-electron chi connectivity index (χ2n) is 8.56. The van der Waals surface area contributed by atoms with Crippen molar-refractivity contribution < 1.29 is 17.9 Å². The van der Waals surface area contributed by atoms with Gasteiger partial charge in [0.1, 0.15) is 0 Å². The van der Waals surface area contributed by atoms with Gasteiger partial charge in [0.05, 0.1) is 18.6 Å². The number of benzene rings is 1. The van der Waals surface area contributed by atoms with Gasteiger partial charge < -0.3 is 4.74 Å². The van der Waals surface area contributed by atoms with Gasteiger partial charge in [-0.05, 0) is 54.9 Å². The quantitative estimate of drug-likeness (QED) is 0.459. The number of carbonyl (C=O) groups excluding carboxylic acids is 1. The zero-order valence-corrected chi connectivity index (χ0v) is 19.6. The highest BCUT2D eigenvalue weighted by Crippen LogP contribution is 2.39. The molecule has 0 saturated carbocycles. The predicted molar refractivity (Wildman–Crippen MR) is 114 cm³/mol. The Kier molecular flexibility index (Phi) is 8.35. The molecule has 0 amide bonds. The van der Waals surface area contributed by atoms with Crippen molar-refractivity contribution in [3.8, 4) is 0 Å². The number of carbonyl (C=O) groups is 1. The summed E-state index contributed by atoms with van der Waals surface area (Å²) in [6.07, 6.45) is 3.09. The van der Waals surface area contributed by atoms with Gasteiger partial charge in [-0.25, -0.2) is 8.42 Å². The van der Waals surface area contributed by atoms with Crippen LogP contribution < -0.4 is 4.31 Å². The van der Waals surface area contributed by atoms with Crippen molar-refractivity contribution in [1.29, 1.82) is 0 Å². The fraction of sp³-hybridized carbons (Fsp3) is 0.650. The molecule has 7 heteroatoms. The first kappa shape index (κ1) is 24.0. The number of hydrogen-bond acceptors (Lipinski definition) is 4. The normalized spacial score (nSPS) is 12.7. The zero-order valence-electron chi connectivity index (χ0n) is 17.2. The second kappa shape index (κ2) is 9.41. The molecule has 154 valence electrons. The summed E-state index contributed by atoms with van der Waals surface area (Å²) in [5, 5.41) is 0. The molecule has 0 aliphatic carbocycles. The van der Waals surface area contributed by atoms with Crippen molar-refractivity contribution in [2.45, 2.75) is 53.9 Å². The van der Waals surface area contributed by atoms with Crippen LogP contribution in [0.3, 0.4) is 0 Å².